The highest BCUT2D eigenvalue weighted by molar-refractivity contribution is 6.31. The smallest absolute Gasteiger partial charge is 0.251 e. The van der Waals surface area contributed by atoms with Crippen molar-refractivity contribution in [3.8, 4) is 0 Å². The van der Waals surface area contributed by atoms with Crippen LogP contribution in [0.3, 0.4) is 0 Å². The van der Waals surface area contributed by atoms with E-state index < -0.39 is 6.10 Å². The Labute approximate surface area is 111 Å². The summed E-state index contributed by atoms with van der Waals surface area (Å²) < 4.78 is 0. The molecule has 0 heterocycles. The molecule has 0 aliphatic heterocycles. The normalized spacial score (nSPS) is 23.7. The van der Waals surface area contributed by atoms with Gasteiger partial charge in [0, 0.05) is 16.3 Å². The topological polar surface area (TPSA) is 75.4 Å². The highest BCUT2D eigenvalue weighted by Gasteiger charge is 2.24. The number of rotatable bonds is 2. The van der Waals surface area contributed by atoms with Gasteiger partial charge in [-0.1, -0.05) is 24.4 Å². The Kier molecular flexibility index (Phi) is 4.09. The molecule has 0 unspecified atom stereocenters. The summed E-state index contributed by atoms with van der Waals surface area (Å²) in [6, 6.07) is 4.57. The molecule has 0 spiro atoms. The fourth-order valence-corrected chi connectivity index (χ4v) is 2.52. The molecule has 2 rings (SSSR count). The van der Waals surface area contributed by atoms with Crippen LogP contribution in [0.4, 0.5) is 5.69 Å². The Morgan fingerprint density at radius 1 is 1.33 bits per heavy atom. The molecule has 18 heavy (non-hydrogen) atoms. The summed E-state index contributed by atoms with van der Waals surface area (Å²) in [5.41, 5.74) is 6.53. The highest BCUT2D eigenvalue weighted by atomic mass is 35.5. The first kappa shape index (κ1) is 13.2. The highest BCUT2D eigenvalue weighted by Crippen LogP contribution is 2.20. The summed E-state index contributed by atoms with van der Waals surface area (Å²) in [7, 11) is 0. The van der Waals surface area contributed by atoms with Crippen LogP contribution in [0.25, 0.3) is 0 Å². The van der Waals surface area contributed by atoms with Gasteiger partial charge in [-0.05, 0) is 31.0 Å². The number of anilines is 1. The summed E-state index contributed by atoms with van der Waals surface area (Å²) in [4.78, 5) is 12.0. The van der Waals surface area contributed by atoms with Crippen LogP contribution in [0.1, 0.15) is 36.0 Å². The van der Waals surface area contributed by atoms with Crippen molar-refractivity contribution in [2.24, 2.45) is 0 Å². The standard InChI is InChI=1S/C13H17ClN2O2/c14-9-5-8(6-10(15)7-9)13(18)16-11-3-1-2-4-12(11)17/h5-7,11-12,17H,1-4,15H2,(H,16,18)/t11-,12-/m1/s1. The zero-order chi connectivity index (χ0) is 13.1. The third-order valence-electron chi connectivity index (χ3n) is 3.23. The fourth-order valence-electron chi connectivity index (χ4n) is 2.27. The van der Waals surface area contributed by atoms with Crippen LogP contribution < -0.4 is 11.1 Å². The van der Waals surface area contributed by atoms with Crippen LogP contribution >= 0.6 is 11.6 Å². The summed E-state index contributed by atoms with van der Waals surface area (Å²) in [5.74, 6) is -0.241. The minimum Gasteiger partial charge on any atom is -0.399 e. The molecular formula is C13H17ClN2O2. The van der Waals surface area contributed by atoms with Crippen molar-refractivity contribution < 1.29 is 9.90 Å². The van der Waals surface area contributed by atoms with Gasteiger partial charge in [0.25, 0.3) is 5.91 Å². The van der Waals surface area contributed by atoms with Gasteiger partial charge < -0.3 is 16.2 Å². The van der Waals surface area contributed by atoms with Gasteiger partial charge in [-0.2, -0.15) is 0 Å². The molecule has 1 aromatic carbocycles. The Hall–Kier alpha value is -1.26. The van der Waals surface area contributed by atoms with Crippen LogP contribution in [-0.2, 0) is 0 Å². The van der Waals surface area contributed by atoms with Crippen LogP contribution in [0.2, 0.25) is 5.02 Å². The van der Waals surface area contributed by atoms with Crippen molar-refractivity contribution in [3.05, 3.63) is 28.8 Å². The lowest BCUT2D eigenvalue weighted by atomic mass is 9.92. The number of hydrogen-bond donors (Lipinski definition) is 3. The Balaban J connectivity index is 2.06. The Morgan fingerprint density at radius 3 is 2.72 bits per heavy atom. The molecule has 0 radical (unpaired) electrons. The maximum atomic E-state index is 12.0. The van der Waals surface area contributed by atoms with Crippen molar-refractivity contribution in [1.82, 2.24) is 5.32 Å². The van der Waals surface area contributed by atoms with Gasteiger partial charge in [-0.3, -0.25) is 4.79 Å². The van der Waals surface area contributed by atoms with E-state index in [9.17, 15) is 9.90 Å². The van der Waals surface area contributed by atoms with Crippen molar-refractivity contribution >= 4 is 23.2 Å². The third-order valence-corrected chi connectivity index (χ3v) is 3.45. The fraction of sp³-hybridized carbons (Fsp3) is 0.462. The molecule has 0 aromatic heterocycles. The lowest BCUT2D eigenvalue weighted by Crippen LogP contribution is -2.45. The maximum Gasteiger partial charge on any atom is 0.251 e. The molecule has 2 atom stereocenters. The second kappa shape index (κ2) is 5.59. The number of aliphatic hydroxyl groups is 1. The van der Waals surface area contributed by atoms with Gasteiger partial charge in [0.2, 0.25) is 0 Å². The van der Waals surface area contributed by atoms with Crippen LogP contribution in [0.5, 0.6) is 0 Å². The molecule has 1 aliphatic rings. The Bertz CT molecular complexity index is 430. The molecule has 0 saturated heterocycles. The van der Waals surface area contributed by atoms with Crippen molar-refractivity contribution in [2.75, 3.05) is 5.73 Å². The lowest BCUT2D eigenvalue weighted by molar-refractivity contribution is 0.0717. The average Bonchev–Trinajstić information content (AvgIpc) is 2.31. The van der Waals surface area contributed by atoms with E-state index in [0.29, 0.717) is 16.3 Å². The van der Waals surface area contributed by atoms with Crippen LogP contribution in [0.15, 0.2) is 18.2 Å². The number of nitrogens with one attached hydrogen (secondary N) is 1. The predicted molar refractivity (Wildman–Crippen MR) is 71.6 cm³/mol. The van der Waals surface area contributed by atoms with Gasteiger partial charge in [0.05, 0.1) is 12.1 Å². The third kappa shape index (κ3) is 3.15. The molecule has 4 N–H and O–H groups in total. The first-order chi connectivity index (χ1) is 8.56. The first-order valence-electron chi connectivity index (χ1n) is 6.11. The molecule has 1 fully saturated rings. The number of benzene rings is 1. The molecular weight excluding hydrogens is 252 g/mol. The van der Waals surface area contributed by atoms with E-state index >= 15 is 0 Å². The van der Waals surface area contributed by atoms with Gasteiger partial charge >= 0.3 is 0 Å². The molecule has 4 nitrogen and oxygen atoms in total. The van der Waals surface area contributed by atoms with Gasteiger partial charge in [0.15, 0.2) is 0 Å². The SMILES string of the molecule is Nc1cc(Cl)cc(C(=O)N[C@@H]2CCCC[C@H]2O)c1. The van der Waals surface area contributed by atoms with E-state index in [1.165, 1.54) is 0 Å². The van der Waals surface area contributed by atoms with Crippen LogP contribution in [-0.4, -0.2) is 23.2 Å². The summed E-state index contributed by atoms with van der Waals surface area (Å²) >= 11 is 5.86. The molecule has 1 amide bonds. The summed E-state index contributed by atoms with van der Waals surface area (Å²) in [6.45, 7) is 0. The number of nitrogen functional groups attached to an aromatic ring is 1. The van der Waals surface area contributed by atoms with Gasteiger partial charge in [-0.15, -0.1) is 0 Å². The van der Waals surface area contributed by atoms with Gasteiger partial charge in [0.1, 0.15) is 0 Å². The predicted octanol–water partition coefficient (Wildman–Crippen LogP) is 1.96. The van der Waals surface area contributed by atoms with E-state index in [0.717, 1.165) is 25.7 Å². The molecule has 5 heteroatoms. The monoisotopic (exact) mass is 268 g/mol. The summed E-state index contributed by atoms with van der Waals surface area (Å²) in [6.07, 6.45) is 3.13. The van der Waals surface area contributed by atoms with Crippen molar-refractivity contribution in [3.63, 3.8) is 0 Å². The number of amides is 1. The largest absolute Gasteiger partial charge is 0.399 e. The van der Waals surface area contributed by atoms with Crippen molar-refractivity contribution in [1.29, 1.82) is 0 Å². The quantitative estimate of drug-likeness (QED) is 0.718. The number of carbonyl (C=O) groups is 1. The number of halogens is 1. The Morgan fingerprint density at radius 2 is 2.06 bits per heavy atom. The van der Waals surface area contributed by atoms with E-state index in [1.807, 2.05) is 0 Å². The average molecular weight is 269 g/mol. The molecule has 1 aromatic rings. The first-order valence-corrected chi connectivity index (χ1v) is 6.49. The summed E-state index contributed by atoms with van der Waals surface area (Å²) in [5, 5.41) is 13.1. The number of aliphatic hydroxyl groups excluding tert-OH is 1. The zero-order valence-electron chi connectivity index (χ0n) is 10.0. The molecule has 1 saturated carbocycles. The number of nitrogens with two attached hydrogens (primary N) is 1. The van der Waals surface area contributed by atoms with E-state index in [2.05, 4.69) is 5.32 Å². The van der Waals surface area contributed by atoms with Gasteiger partial charge in [-0.25, -0.2) is 0 Å². The molecule has 98 valence electrons. The minimum atomic E-state index is -0.459. The van der Waals surface area contributed by atoms with E-state index in [-0.39, 0.29) is 11.9 Å². The number of hydrogen-bond acceptors (Lipinski definition) is 3. The molecule has 1 aliphatic carbocycles. The zero-order valence-corrected chi connectivity index (χ0v) is 10.8. The maximum absolute atomic E-state index is 12.0. The minimum absolute atomic E-state index is 0.175. The second-order valence-corrected chi connectivity index (χ2v) is 5.14. The lowest BCUT2D eigenvalue weighted by Gasteiger charge is -2.28. The van der Waals surface area contributed by atoms with E-state index in [4.69, 9.17) is 17.3 Å². The van der Waals surface area contributed by atoms with Crippen molar-refractivity contribution in [2.45, 2.75) is 37.8 Å². The number of carbonyl (C=O) groups excluding carboxylic acids is 1. The van der Waals surface area contributed by atoms with Crippen LogP contribution in [0, 0.1) is 0 Å². The van der Waals surface area contributed by atoms with E-state index in [1.54, 1.807) is 18.2 Å². The second-order valence-electron chi connectivity index (χ2n) is 4.70. The molecule has 0 bridgehead atoms.